The molecule has 2 aliphatic rings. The lowest BCUT2D eigenvalue weighted by Gasteiger charge is -2.50. The molecule has 3 nitrogen and oxygen atoms in total. The molecule has 1 fully saturated rings. The normalized spacial score (nSPS) is 19.2. The Balaban J connectivity index is 1.86. The number of hydrogen-bond acceptors (Lipinski definition) is 3. The Morgan fingerprint density at radius 2 is 1.38 bits per heavy atom. The van der Waals surface area contributed by atoms with E-state index in [1.54, 1.807) is 14.2 Å². The van der Waals surface area contributed by atoms with Crippen LogP contribution >= 0.6 is 7.92 Å². The number of methoxy groups -OCH3 is 2. The van der Waals surface area contributed by atoms with Gasteiger partial charge in [0.15, 0.2) is 0 Å². The highest BCUT2D eigenvalue weighted by molar-refractivity contribution is 7.70. The molecule has 0 bridgehead atoms. The van der Waals surface area contributed by atoms with Crippen LogP contribution in [0, 0.1) is 0 Å². The van der Waals surface area contributed by atoms with Crippen LogP contribution in [0.5, 0.6) is 11.5 Å². The Bertz CT molecular complexity index is 1140. The average molecular weight is 474 g/mol. The van der Waals surface area contributed by atoms with Crippen LogP contribution in [0.3, 0.4) is 0 Å². The predicted molar refractivity (Wildman–Crippen MR) is 146 cm³/mol. The zero-order valence-corrected chi connectivity index (χ0v) is 22.0. The van der Waals surface area contributed by atoms with Gasteiger partial charge in [-0.15, -0.1) is 0 Å². The summed E-state index contributed by atoms with van der Waals surface area (Å²) in [5.41, 5.74) is 5.00. The number of fused-ring (bicyclic) bond motifs is 1. The van der Waals surface area contributed by atoms with Gasteiger partial charge in [0.05, 0.1) is 30.8 Å². The SMILES string of the molecule is COc1cccc(OC)c1-c1cccc2c1[P@](C(C)(C)C)C1(CCCCC1)N2c1ccccc1. The van der Waals surface area contributed by atoms with Crippen molar-refractivity contribution in [2.45, 2.75) is 63.3 Å². The summed E-state index contributed by atoms with van der Waals surface area (Å²) < 4.78 is 11.8. The average Bonchev–Trinajstić information content (AvgIpc) is 3.13. The van der Waals surface area contributed by atoms with E-state index in [2.05, 4.69) is 86.3 Å². The van der Waals surface area contributed by atoms with E-state index in [0.717, 1.165) is 17.1 Å². The topological polar surface area (TPSA) is 21.7 Å². The largest absolute Gasteiger partial charge is 0.496 e. The maximum Gasteiger partial charge on any atom is 0.130 e. The second kappa shape index (κ2) is 8.93. The number of anilines is 2. The number of para-hydroxylation sites is 1. The van der Waals surface area contributed by atoms with Crippen molar-refractivity contribution in [2.24, 2.45) is 0 Å². The second-order valence-electron chi connectivity index (χ2n) is 10.4. The van der Waals surface area contributed by atoms with Gasteiger partial charge < -0.3 is 14.4 Å². The molecule has 3 aromatic rings. The first-order valence-electron chi connectivity index (χ1n) is 12.4. The van der Waals surface area contributed by atoms with Crippen molar-refractivity contribution in [1.29, 1.82) is 0 Å². The number of ether oxygens (including phenoxy) is 2. The fraction of sp³-hybridized carbons (Fsp3) is 0.400. The third-order valence-corrected chi connectivity index (χ3v) is 11.1. The van der Waals surface area contributed by atoms with Crippen molar-refractivity contribution in [2.75, 3.05) is 19.1 Å². The lowest BCUT2D eigenvalue weighted by Crippen LogP contribution is -2.45. The minimum Gasteiger partial charge on any atom is -0.496 e. The molecule has 178 valence electrons. The van der Waals surface area contributed by atoms with Crippen LogP contribution in [-0.2, 0) is 0 Å². The van der Waals surface area contributed by atoms with Gasteiger partial charge in [-0.3, -0.25) is 0 Å². The summed E-state index contributed by atoms with van der Waals surface area (Å²) in [5.74, 6) is 1.74. The molecule has 1 heterocycles. The third kappa shape index (κ3) is 3.60. The van der Waals surface area contributed by atoms with E-state index < -0.39 is 7.92 Å². The van der Waals surface area contributed by atoms with E-state index in [0.29, 0.717) is 0 Å². The fourth-order valence-corrected chi connectivity index (χ4v) is 10.6. The van der Waals surface area contributed by atoms with E-state index in [1.807, 2.05) is 6.07 Å². The molecule has 1 atom stereocenters. The molecule has 0 saturated heterocycles. The van der Waals surface area contributed by atoms with Gasteiger partial charge in [-0.2, -0.15) is 0 Å². The van der Waals surface area contributed by atoms with Crippen LogP contribution in [0.25, 0.3) is 11.1 Å². The molecule has 1 spiro atoms. The molecule has 34 heavy (non-hydrogen) atoms. The highest BCUT2D eigenvalue weighted by Crippen LogP contribution is 2.72. The lowest BCUT2D eigenvalue weighted by atomic mass is 9.92. The molecule has 0 radical (unpaired) electrons. The summed E-state index contributed by atoms with van der Waals surface area (Å²) in [6.07, 6.45) is 6.39. The zero-order valence-electron chi connectivity index (χ0n) is 21.1. The summed E-state index contributed by atoms with van der Waals surface area (Å²) in [6, 6.07) is 24.0. The maximum atomic E-state index is 5.88. The van der Waals surface area contributed by atoms with Crippen LogP contribution in [0.1, 0.15) is 52.9 Å². The number of rotatable bonds is 4. The molecule has 4 heteroatoms. The molecule has 0 N–H and O–H groups in total. The first kappa shape index (κ1) is 23.2. The fourth-order valence-electron chi connectivity index (χ4n) is 6.28. The smallest absolute Gasteiger partial charge is 0.130 e. The Morgan fingerprint density at radius 3 is 1.97 bits per heavy atom. The Labute approximate surface area is 205 Å². The van der Waals surface area contributed by atoms with Crippen molar-refractivity contribution in [3.63, 3.8) is 0 Å². The maximum absolute atomic E-state index is 5.88. The van der Waals surface area contributed by atoms with E-state index in [-0.39, 0.29) is 10.4 Å². The van der Waals surface area contributed by atoms with Gasteiger partial charge in [-0.1, -0.05) is 76.4 Å². The van der Waals surface area contributed by atoms with E-state index in [1.165, 1.54) is 54.3 Å². The van der Waals surface area contributed by atoms with Gasteiger partial charge in [0.1, 0.15) is 11.5 Å². The van der Waals surface area contributed by atoms with Crippen LogP contribution in [0.4, 0.5) is 11.4 Å². The molecular weight excluding hydrogens is 437 g/mol. The molecular formula is C30H36NO2P. The molecule has 1 saturated carbocycles. The van der Waals surface area contributed by atoms with Crippen molar-refractivity contribution >= 4 is 24.6 Å². The zero-order chi connectivity index (χ0) is 23.9. The Morgan fingerprint density at radius 1 is 0.765 bits per heavy atom. The summed E-state index contributed by atoms with van der Waals surface area (Å²) in [7, 11) is 2.98. The predicted octanol–water partition coefficient (Wildman–Crippen LogP) is 8.09. The van der Waals surface area contributed by atoms with E-state index in [9.17, 15) is 0 Å². The number of benzene rings is 3. The van der Waals surface area contributed by atoms with Crippen LogP contribution in [0.15, 0.2) is 66.7 Å². The monoisotopic (exact) mass is 473 g/mol. The molecule has 3 aromatic carbocycles. The van der Waals surface area contributed by atoms with Crippen molar-refractivity contribution in [1.82, 2.24) is 0 Å². The van der Waals surface area contributed by atoms with Gasteiger partial charge in [-0.05, 0) is 61.8 Å². The minimum atomic E-state index is -0.532. The van der Waals surface area contributed by atoms with Crippen molar-refractivity contribution in [3.8, 4) is 22.6 Å². The quantitative estimate of drug-likeness (QED) is 0.358. The van der Waals surface area contributed by atoms with Gasteiger partial charge >= 0.3 is 0 Å². The highest BCUT2D eigenvalue weighted by atomic mass is 31.1. The molecule has 5 rings (SSSR count). The summed E-state index contributed by atoms with van der Waals surface area (Å²) >= 11 is 0. The number of nitrogens with zero attached hydrogens (tertiary/aromatic N) is 1. The molecule has 1 aliphatic carbocycles. The van der Waals surface area contributed by atoms with Crippen LogP contribution in [0.2, 0.25) is 0 Å². The lowest BCUT2D eigenvalue weighted by molar-refractivity contribution is 0.395. The molecule has 0 unspecified atom stereocenters. The Hall–Kier alpha value is -2.51. The highest BCUT2D eigenvalue weighted by Gasteiger charge is 2.56. The third-order valence-electron chi connectivity index (χ3n) is 7.35. The van der Waals surface area contributed by atoms with Gasteiger partial charge in [0.25, 0.3) is 0 Å². The molecule has 0 amide bonds. The van der Waals surface area contributed by atoms with Gasteiger partial charge in [0, 0.05) is 11.0 Å². The molecule has 0 aromatic heterocycles. The van der Waals surface area contributed by atoms with Gasteiger partial charge in [0.2, 0.25) is 0 Å². The number of hydrogen-bond donors (Lipinski definition) is 0. The first-order valence-corrected chi connectivity index (χ1v) is 13.8. The first-order chi connectivity index (χ1) is 16.4. The van der Waals surface area contributed by atoms with Gasteiger partial charge in [-0.25, -0.2) is 0 Å². The summed E-state index contributed by atoms with van der Waals surface area (Å²) in [5, 5.41) is 1.77. The van der Waals surface area contributed by atoms with Crippen molar-refractivity contribution < 1.29 is 9.47 Å². The van der Waals surface area contributed by atoms with Crippen LogP contribution in [-0.4, -0.2) is 24.7 Å². The standard InChI is InChI=1S/C30H36NO2P/c1-29(2,3)34-28-23(27-25(32-4)18-13-19-26(27)33-5)16-12-17-24(28)31(22-14-8-6-9-15-22)30(34)20-10-7-11-21-30/h6,8-9,12-19H,7,10-11,20-21H2,1-5H3/t34-/m1/s1. The summed E-state index contributed by atoms with van der Waals surface area (Å²) in [4.78, 5) is 2.73. The van der Waals surface area contributed by atoms with E-state index >= 15 is 0 Å². The summed E-state index contributed by atoms with van der Waals surface area (Å²) in [6.45, 7) is 7.34. The Kier molecular flexibility index (Phi) is 6.10. The van der Waals surface area contributed by atoms with Crippen LogP contribution < -0.4 is 19.7 Å². The minimum absolute atomic E-state index is 0.126. The van der Waals surface area contributed by atoms with E-state index in [4.69, 9.17) is 9.47 Å². The molecule has 1 aliphatic heterocycles. The van der Waals surface area contributed by atoms with Crippen molar-refractivity contribution in [3.05, 3.63) is 66.7 Å². The second-order valence-corrected chi connectivity index (χ2v) is 13.7.